The highest BCUT2D eigenvalue weighted by Crippen LogP contribution is 2.73. The second-order valence-electron chi connectivity index (χ2n) is 20.8. The lowest BCUT2D eigenvalue weighted by molar-refractivity contribution is -0.378. The quantitative estimate of drug-likeness (QED) is 0.0494. The largest absolute Gasteiger partial charge is 0.432 e. The van der Waals surface area contributed by atoms with E-state index in [9.17, 15) is 76.3 Å². The van der Waals surface area contributed by atoms with Gasteiger partial charge in [-0.3, -0.25) is 4.79 Å². The predicted molar refractivity (Wildman–Crippen MR) is 219 cm³/mol. The molecule has 4 aliphatic heterocycles. The predicted octanol–water partition coefficient (Wildman–Crippen LogP) is -5.11. The molecule has 2 bridgehead atoms. The van der Waals surface area contributed by atoms with Crippen LogP contribution in [-0.4, -0.2) is 232 Å². The highest BCUT2D eigenvalue weighted by Gasteiger charge is 2.69. The van der Waals surface area contributed by atoms with Crippen LogP contribution in [0.5, 0.6) is 0 Å². The Kier molecular flexibility index (Phi) is 15.0. The molecule has 8 aliphatic rings. The lowest BCUT2D eigenvalue weighted by atomic mass is 9.41. The smallest absolute Gasteiger partial charge is 0.314 e. The molecule has 1 spiro atoms. The van der Waals surface area contributed by atoms with Crippen molar-refractivity contribution in [3.05, 3.63) is 12.2 Å². The SMILES string of the molecule is C=C1C[C@@]23CC[C@H]4[C@@](C)(CCC[C@@]4(C)C(=O)O[C@@H]4O[C@H](CO)[C@@H](O[C@H]5O[C@H](CO)[C@@H](O[C@H]6O[C@H](CO)[C@@H](O)[C@H](O)[C@H]6O)[C@H](O)[C@H]5O)[C@H](O)[C@H]4O)[C@@H]2CC[C@]1(O[C@@H]1O[C@H](CO)[C@@H](O)[C@H](O)[C@H]1O)C3. The molecule has 14 N–H and O–H groups in total. The molecule has 23 heteroatoms. The van der Waals surface area contributed by atoms with Crippen LogP contribution in [0.4, 0.5) is 0 Å². The average Bonchev–Trinajstić information content (AvgIpc) is 3.50. The second-order valence-corrected chi connectivity index (χ2v) is 20.8. The Morgan fingerprint density at radius 3 is 1.58 bits per heavy atom. The third kappa shape index (κ3) is 8.63. The fraction of sp³-hybridized carbons (Fsp3) is 0.932. The molecule has 0 aromatic heterocycles. The molecule has 8 fully saturated rings. The lowest BCUT2D eigenvalue weighted by Crippen LogP contribution is -2.67. The number of fused-ring (bicyclic) bond motifs is 3. The van der Waals surface area contributed by atoms with Crippen LogP contribution in [0.25, 0.3) is 0 Å². The monoisotopic (exact) mass is 966 g/mol. The first kappa shape index (κ1) is 51.7. The molecule has 0 amide bonds. The zero-order valence-corrected chi connectivity index (χ0v) is 37.5. The van der Waals surface area contributed by atoms with Gasteiger partial charge in [-0.25, -0.2) is 0 Å². The number of carbonyl (C=O) groups excluding carboxylic acids is 1. The van der Waals surface area contributed by atoms with Gasteiger partial charge < -0.3 is 109 Å². The van der Waals surface area contributed by atoms with Gasteiger partial charge in [0.2, 0.25) is 6.29 Å². The summed E-state index contributed by atoms with van der Waals surface area (Å²) in [5.41, 5.74) is -1.79. The molecular formula is C44H70O23. The normalized spacial score (nSPS) is 54.5. The molecule has 26 atom stereocenters. The molecule has 23 nitrogen and oxygen atoms in total. The number of rotatable bonds is 12. The summed E-state index contributed by atoms with van der Waals surface area (Å²) in [7, 11) is 0. The van der Waals surface area contributed by atoms with E-state index < -0.39 is 166 Å². The molecule has 67 heavy (non-hydrogen) atoms. The Morgan fingerprint density at radius 2 is 1.03 bits per heavy atom. The van der Waals surface area contributed by atoms with Crippen LogP contribution in [-0.2, 0) is 42.7 Å². The van der Waals surface area contributed by atoms with Crippen molar-refractivity contribution in [3.8, 4) is 0 Å². The van der Waals surface area contributed by atoms with Crippen molar-refractivity contribution < 1.29 is 114 Å². The van der Waals surface area contributed by atoms with Crippen LogP contribution < -0.4 is 0 Å². The number of aliphatic hydroxyl groups excluding tert-OH is 14. The van der Waals surface area contributed by atoms with Crippen LogP contribution in [0.15, 0.2) is 12.2 Å². The van der Waals surface area contributed by atoms with E-state index in [1.54, 1.807) is 0 Å². The molecule has 4 saturated heterocycles. The van der Waals surface area contributed by atoms with E-state index in [1.807, 2.05) is 6.92 Å². The number of carbonyl (C=O) groups is 1. The van der Waals surface area contributed by atoms with Crippen molar-refractivity contribution >= 4 is 5.97 Å². The summed E-state index contributed by atoms with van der Waals surface area (Å²) in [4.78, 5) is 14.5. The Bertz CT molecular complexity index is 1750. The summed E-state index contributed by atoms with van der Waals surface area (Å²) < 4.78 is 46.5. The van der Waals surface area contributed by atoms with Crippen molar-refractivity contribution in [1.82, 2.24) is 0 Å². The van der Waals surface area contributed by atoms with Crippen LogP contribution in [0, 0.1) is 28.1 Å². The minimum atomic E-state index is -2.01. The van der Waals surface area contributed by atoms with Gasteiger partial charge >= 0.3 is 5.97 Å². The summed E-state index contributed by atoms with van der Waals surface area (Å²) in [6, 6.07) is 0. The van der Waals surface area contributed by atoms with Crippen molar-refractivity contribution in [1.29, 1.82) is 0 Å². The van der Waals surface area contributed by atoms with Gasteiger partial charge in [0.1, 0.15) is 97.7 Å². The van der Waals surface area contributed by atoms with E-state index in [0.29, 0.717) is 51.4 Å². The molecule has 0 aromatic rings. The first-order valence-electron chi connectivity index (χ1n) is 23.4. The first-order chi connectivity index (χ1) is 31.6. The van der Waals surface area contributed by atoms with E-state index in [0.717, 1.165) is 12.0 Å². The minimum absolute atomic E-state index is 0.114. The Labute approximate surface area is 386 Å². The Hall–Kier alpha value is -1.63. The fourth-order valence-electron chi connectivity index (χ4n) is 13.5. The van der Waals surface area contributed by atoms with E-state index in [2.05, 4.69) is 13.5 Å². The van der Waals surface area contributed by atoms with Crippen molar-refractivity contribution in [2.75, 3.05) is 26.4 Å². The van der Waals surface area contributed by atoms with Gasteiger partial charge in [-0.05, 0) is 86.5 Å². The van der Waals surface area contributed by atoms with Crippen LogP contribution in [0.3, 0.4) is 0 Å². The number of esters is 1. The molecule has 384 valence electrons. The van der Waals surface area contributed by atoms with E-state index >= 15 is 0 Å². The molecule has 4 aliphatic carbocycles. The topological polar surface area (TPSA) is 374 Å². The van der Waals surface area contributed by atoms with Gasteiger partial charge in [0.05, 0.1) is 37.4 Å². The van der Waals surface area contributed by atoms with Gasteiger partial charge in [0.25, 0.3) is 0 Å². The Morgan fingerprint density at radius 1 is 0.567 bits per heavy atom. The number of hydrogen-bond donors (Lipinski definition) is 14. The maximum Gasteiger partial charge on any atom is 0.314 e. The first-order valence-corrected chi connectivity index (χ1v) is 23.4. The molecule has 0 radical (unpaired) electrons. The molecule has 0 unspecified atom stereocenters. The zero-order chi connectivity index (χ0) is 48.7. The average molecular weight is 967 g/mol. The fourth-order valence-corrected chi connectivity index (χ4v) is 13.5. The molecule has 4 saturated carbocycles. The van der Waals surface area contributed by atoms with Crippen LogP contribution >= 0.6 is 0 Å². The number of aliphatic hydroxyl groups is 14. The summed E-state index contributed by atoms with van der Waals surface area (Å²) in [6.45, 7) is 5.35. The minimum Gasteiger partial charge on any atom is -0.432 e. The summed E-state index contributed by atoms with van der Waals surface area (Å²) >= 11 is 0. The standard InChI is InChI=1S/C44H70O23/c1-17-11-43-9-5-22-41(2,23(43)6-10-44(17,16-43)67-39-31(56)27(52)25(50)19(13-46)61-39)7-4-8-42(22,3)40(59)66-38-33(58)29(54)35(21(15-48)63-38)65-37-32(57)28(53)34(20(14-47)62-37)64-36-30(55)26(51)24(49)18(12-45)60-36/h18-39,45-58H,1,4-16H2,2-3H3/t18-,19-,20-,21-,22+,23+,24-,25-,26+,27+,28-,29-,30-,31-,32-,33-,34-,35-,36-,37-,38+,39+,41-,42-,43-,44+/m1/s1. The van der Waals surface area contributed by atoms with Gasteiger partial charge in [0, 0.05) is 0 Å². The van der Waals surface area contributed by atoms with Crippen molar-refractivity contribution in [3.63, 3.8) is 0 Å². The van der Waals surface area contributed by atoms with Gasteiger partial charge in [-0.1, -0.05) is 19.9 Å². The third-order valence-electron chi connectivity index (χ3n) is 17.1. The van der Waals surface area contributed by atoms with E-state index in [4.69, 9.17) is 37.9 Å². The number of ether oxygens (including phenoxy) is 8. The Balaban J connectivity index is 0.915. The van der Waals surface area contributed by atoms with Gasteiger partial charge in [-0.15, -0.1) is 0 Å². The zero-order valence-electron chi connectivity index (χ0n) is 37.5. The maximum absolute atomic E-state index is 14.5. The van der Waals surface area contributed by atoms with Crippen LogP contribution in [0.1, 0.15) is 71.6 Å². The molecule has 0 aromatic carbocycles. The second kappa shape index (κ2) is 19.4. The summed E-state index contributed by atoms with van der Waals surface area (Å²) in [5, 5.41) is 147. The summed E-state index contributed by atoms with van der Waals surface area (Å²) in [5.74, 6) is -0.754. The third-order valence-corrected chi connectivity index (χ3v) is 17.1. The highest BCUT2D eigenvalue weighted by molar-refractivity contribution is 5.77. The van der Waals surface area contributed by atoms with Crippen molar-refractivity contribution in [2.45, 2.75) is 200 Å². The molecule has 4 heterocycles. The number of hydrogen-bond acceptors (Lipinski definition) is 23. The molecular weight excluding hydrogens is 896 g/mol. The summed E-state index contributed by atoms with van der Waals surface area (Å²) in [6.07, 6.45) is -27.9. The highest BCUT2D eigenvalue weighted by atomic mass is 16.8. The maximum atomic E-state index is 14.5. The van der Waals surface area contributed by atoms with Crippen molar-refractivity contribution in [2.24, 2.45) is 28.1 Å². The van der Waals surface area contributed by atoms with E-state index in [1.165, 1.54) is 0 Å². The van der Waals surface area contributed by atoms with Gasteiger partial charge in [0.15, 0.2) is 18.9 Å². The lowest BCUT2D eigenvalue weighted by Gasteiger charge is -2.64. The molecule has 8 rings (SSSR count). The van der Waals surface area contributed by atoms with Gasteiger partial charge in [-0.2, -0.15) is 0 Å². The van der Waals surface area contributed by atoms with E-state index in [-0.39, 0.29) is 22.7 Å². The van der Waals surface area contributed by atoms with Crippen LogP contribution in [0.2, 0.25) is 0 Å².